The van der Waals surface area contributed by atoms with Gasteiger partial charge in [-0.05, 0) is 39.7 Å². The molecule has 0 spiro atoms. The maximum absolute atomic E-state index is 13.1. The third-order valence-corrected chi connectivity index (χ3v) is 3.52. The van der Waals surface area contributed by atoms with E-state index in [0.717, 1.165) is 5.56 Å². The molecule has 0 aliphatic carbocycles. The molecule has 0 aliphatic rings. The van der Waals surface area contributed by atoms with Gasteiger partial charge in [0.1, 0.15) is 18.2 Å². The first-order chi connectivity index (χ1) is 9.45. The molecule has 0 aliphatic heterocycles. The number of hydrogen-bond acceptors (Lipinski definition) is 3. The van der Waals surface area contributed by atoms with Crippen LogP contribution in [0.4, 0.5) is 10.1 Å². The van der Waals surface area contributed by atoms with Crippen molar-refractivity contribution in [3.8, 4) is 5.75 Å². The number of nitrogens with zero attached hydrogens (tertiary/aromatic N) is 1. The predicted molar refractivity (Wildman–Crippen MR) is 79.2 cm³/mol. The van der Waals surface area contributed by atoms with E-state index in [2.05, 4.69) is 31.9 Å². The van der Waals surface area contributed by atoms with Gasteiger partial charge in [0.05, 0.1) is 15.5 Å². The fourth-order valence-electron chi connectivity index (χ4n) is 1.53. The molecule has 0 radical (unpaired) electrons. The first kappa shape index (κ1) is 14.9. The highest BCUT2D eigenvalue weighted by Crippen LogP contribution is 2.27. The monoisotopic (exact) mass is 403 g/mol. The Balaban J connectivity index is 2.14. The lowest BCUT2D eigenvalue weighted by Crippen LogP contribution is -1.97. The summed E-state index contributed by atoms with van der Waals surface area (Å²) in [4.78, 5) is 10.2. The van der Waals surface area contributed by atoms with E-state index in [0.29, 0.717) is 14.7 Å². The van der Waals surface area contributed by atoms with E-state index in [9.17, 15) is 14.5 Å². The normalized spacial score (nSPS) is 10.3. The number of hydrogen-bond donors (Lipinski definition) is 0. The Morgan fingerprint density at radius 3 is 2.60 bits per heavy atom. The number of benzene rings is 2. The van der Waals surface area contributed by atoms with Crippen molar-refractivity contribution in [2.45, 2.75) is 6.61 Å². The molecule has 2 rings (SSSR count). The van der Waals surface area contributed by atoms with Crippen molar-refractivity contribution in [1.29, 1.82) is 0 Å². The Hall–Kier alpha value is -1.47. The largest absolute Gasteiger partial charge is 0.489 e. The summed E-state index contributed by atoms with van der Waals surface area (Å²) >= 11 is 6.27. The molecule has 0 heterocycles. The van der Waals surface area contributed by atoms with E-state index in [1.54, 1.807) is 18.2 Å². The van der Waals surface area contributed by atoms with Gasteiger partial charge in [0.15, 0.2) is 0 Å². The maximum atomic E-state index is 13.1. The maximum Gasteiger partial charge on any atom is 0.274 e. The van der Waals surface area contributed by atoms with Crippen LogP contribution in [0, 0.1) is 15.9 Å². The van der Waals surface area contributed by atoms with Crippen molar-refractivity contribution in [2.24, 2.45) is 0 Å². The lowest BCUT2D eigenvalue weighted by molar-refractivity contribution is -0.385. The molecule has 0 aromatic heterocycles. The molecule has 0 saturated carbocycles. The van der Waals surface area contributed by atoms with Gasteiger partial charge in [-0.2, -0.15) is 0 Å². The van der Waals surface area contributed by atoms with Crippen molar-refractivity contribution < 1.29 is 14.1 Å². The smallest absolute Gasteiger partial charge is 0.274 e. The third kappa shape index (κ3) is 3.77. The summed E-state index contributed by atoms with van der Waals surface area (Å²) in [5.74, 6) is 0.0124. The molecular formula is C13H8Br2FNO3. The van der Waals surface area contributed by atoms with Crippen LogP contribution in [0.25, 0.3) is 0 Å². The van der Waals surface area contributed by atoms with Gasteiger partial charge >= 0.3 is 0 Å². The van der Waals surface area contributed by atoms with Crippen molar-refractivity contribution in [3.63, 3.8) is 0 Å². The highest BCUT2D eigenvalue weighted by Gasteiger charge is 2.10. The Labute approximate surface area is 131 Å². The molecule has 104 valence electrons. The van der Waals surface area contributed by atoms with Gasteiger partial charge in [0, 0.05) is 10.5 Å². The van der Waals surface area contributed by atoms with Gasteiger partial charge in [0.2, 0.25) is 0 Å². The molecule has 20 heavy (non-hydrogen) atoms. The van der Waals surface area contributed by atoms with E-state index >= 15 is 0 Å². The van der Waals surface area contributed by atoms with Crippen molar-refractivity contribution >= 4 is 37.5 Å². The van der Waals surface area contributed by atoms with Crippen LogP contribution in [0.5, 0.6) is 5.75 Å². The zero-order valence-corrected chi connectivity index (χ0v) is 13.1. The Morgan fingerprint density at radius 1 is 1.20 bits per heavy atom. The van der Waals surface area contributed by atoms with Gasteiger partial charge in [-0.15, -0.1) is 0 Å². The van der Waals surface area contributed by atoms with Gasteiger partial charge in [-0.3, -0.25) is 10.1 Å². The molecule has 0 saturated heterocycles. The van der Waals surface area contributed by atoms with Gasteiger partial charge in [0.25, 0.3) is 5.69 Å². The highest BCUT2D eigenvalue weighted by molar-refractivity contribution is 9.10. The van der Waals surface area contributed by atoms with Crippen LogP contribution in [0.3, 0.4) is 0 Å². The summed E-state index contributed by atoms with van der Waals surface area (Å²) in [6.07, 6.45) is 0. The van der Waals surface area contributed by atoms with E-state index < -0.39 is 4.92 Å². The van der Waals surface area contributed by atoms with E-state index in [-0.39, 0.29) is 18.1 Å². The van der Waals surface area contributed by atoms with Crippen LogP contribution in [0.15, 0.2) is 45.3 Å². The average molecular weight is 405 g/mol. The predicted octanol–water partition coefficient (Wildman–Crippen LogP) is 4.84. The minimum Gasteiger partial charge on any atom is -0.489 e. The molecule has 0 unspecified atom stereocenters. The minimum absolute atomic E-state index is 0.0605. The van der Waals surface area contributed by atoms with Crippen LogP contribution < -0.4 is 4.74 Å². The zero-order valence-electron chi connectivity index (χ0n) is 9.98. The fraction of sp³-hybridized carbons (Fsp3) is 0.0769. The molecule has 0 atom stereocenters. The first-order valence-corrected chi connectivity index (χ1v) is 7.06. The van der Waals surface area contributed by atoms with Crippen LogP contribution in [0.2, 0.25) is 0 Å². The quantitative estimate of drug-likeness (QED) is 0.541. The molecule has 2 aromatic carbocycles. The van der Waals surface area contributed by atoms with Crippen molar-refractivity contribution in [3.05, 3.63) is 66.8 Å². The lowest BCUT2D eigenvalue weighted by Gasteiger charge is -2.07. The Bertz CT molecular complexity index is 664. The molecule has 4 nitrogen and oxygen atoms in total. The standard InChI is InChI=1S/C13H8Br2FNO3/c14-9-4-10(17(18)19)6-11(5-9)20-7-8-1-2-13(16)12(15)3-8/h1-6H,7H2. The molecule has 0 bridgehead atoms. The molecule has 7 heteroatoms. The van der Waals surface area contributed by atoms with Gasteiger partial charge < -0.3 is 4.74 Å². The van der Waals surface area contributed by atoms with Crippen LogP contribution in [-0.4, -0.2) is 4.92 Å². The lowest BCUT2D eigenvalue weighted by atomic mass is 10.2. The van der Waals surface area contributed by atoms with Crippen molar-refractivity contribution in [2.75, 3.05) is 0 Å². The molecule has 0 amide bonds. The van der Waals surface area contributed by atoms with Gasteiger partial charge in [-0.25, -0.2) is 4.39 Å². The van der Waals surface area contributed by atoms with Crippen LogP contribution in [-0.2, 0) is 6.61 Å². The number of rotatable bonds is 4. The fourth-order valence-corrected chi connectivity index (χ4v) is 2.42. The van der Waals surface area contributed by atoms with Crippen molar-refractivity contribution in [1.82, 2.24) is 0 Å². The van der Waals surface area contributed by atoms with E-state index in [1.165, 1.54) is 18.2 Å². The Kier molecular flexibility index (Phi) is 4.72. The number of halogens is 3. The second-order valence-electron chi connectivity index (χ2n) is 3.94. The summed E-state index contributed by atoms with van der Waals surface area (Å²) in [6.45, 7) is 0.187. The summed E-state index contributed by atoms with van der Waals surface area (Å²) < 4.78 is 19.5. The average Bonchev–Trinajstić information content (AvgIpc) is 2.39. The first-order valence-electron chi connectivity index (χ1n) is 5.47. The molecule has 2 aromatic rings. The summed E-state index contributed by atoms with van der Waals surface area (Å²) in [5.41, 5.74) is 0.690. The zero-order chi connectivity index (χ0) is 14.7. The minimum atomic E-state index is -0.494. The number of nitro groups is 1. The van der Waals surface area contributed by atoms with E-state index in [1.807, 2.05) is 0 Å². The summed E-state index contributed by atoms with van der Waals surface area (Å²) in [7, 11) is 0. The number of ether oxygens (including phenoxy) is 1. The summed E-state index contributed by atoms with van der Waals surface area (Å²) in [6, 6.07) is 8.87. The van der Waals surface area contributed by atoms with Crippen LogP contribution in [0.1, 0.15) is 5.56 Å². The SMILES string of the molecule is O=[N+]([O-])c1cc(Br)cc(OCc2ccc(F)c(Br)c2)c1. The topological polar surface area (TPSA) is 52.4 Å². The summed E-state index contributed by atoms with van der Waals surface area (Å²) in [5, 5.41) is 10.7. The highest BCUT2D eigenvalue weighted by atomic mass is 79.9. The van der Waals surface area contributed by atoms with Gasteiger partial charge in [-0.1, -0.05) is 22.0 Å². The van der Waals surface area contributed by atoms with Crippen LogP contribution >= 0.6 is 31.9 Å². The third-order valence-electron chi connectivity index (χ3n) is 2.46. The molecular weight excluding hydrogens is 397 g/mol. The van der Waals surface area contributed by atoms with E-state index in [4.69, 9.17) is 4.74 Å². The Morgan fingerprint density at radius 2 is 1.95 bits per heavy atom. The number of nitro benzene ring substituents is 1. The molecule has 0 N–H and O–H groups in total. The second kappa shape index (κ2) is 6.32. The number of non-ortho nitro benzene ring substituents is 1. The molecule has 0 fully saturated rings. The second-order valence-corrected chi connectivity index (χ2v) is 5.71.